The average molecular weight is 344 g/mol. The van der Waals surface area contributed by atoms with E-state index in [0.29, 0.717) is 11.5 Å². The Hall–Kier alpha value is -0.830. The SMILES string of the molecule is COC[C@H]1O[C@@H](S(=O)c2ccccc2)[C@H](OC)[C@@H](OC)[C@@H]1OC. The third-order valence-corrected chi connectivity index (χ3v) is 5.46. The highest BCUT2D eigenvalue weighted by Gasteiger charge is 2.49. The van der Waals surface area contributed by atoms with E-state index in [4.69, 9.17) is 23.7 Å². The molecule has 1 fully saturated rings. The van der Waals surface area contributed by atoms with Gasteiger partial charge in [-0.3, -0.25) is 4.21 Å². The van der Waals surface area contributed by atoms with Gasteiger partial charge < -0.3 is 23.7 Å². The predicted octanol–water partition coefficient (Wildman–Crippen LogP) is 1.21. The summed E-state index contributed by atoms with van der Waals surface area (Å²) in [5, 5.41) is 0. The van der Waals surface area contributed by atoms with Crippen molar-refractivity contribution in [1.29, 1.82) is 0 Å². The normalized spacial score (nSPS) is 32.6. The summed E-state index contributed by atoms with van der Waals surface area (Å²) in [4.78, 5) is 0.682. The summed E-state index contributed by atoms with van der Waals surface area (Å²) < 4.78 is 40.8. The number of ether oxygens (including phenoxy) is 5. The lowest BCUT2D eigenvalue weighted by Crippen LogP contribution is -2.61. The molecule has 7 heteroatoms. The van der Waals surface area contributed by atoms with E-state index in [0.717, 1.165) is 0 Å². The van der Waals surface area contributed by atoms with Gasteiger partial charge in [-0.25, -0.2) is 0 Å². The molecule has 1 saturated heterocycles. The van der Waals surface area contributed by atoms with Gasteiger partial charge in [0.1, 0.15) is 24.4 Å². The van der Waals surface area contributed by atoms with Crippen LogP contribution in [0.4, 0.5) is 0 Å². The van der Waals surface area contributed by atoms with Gasteiger partial charge in [0, 0.05) is 33.3 Å². The number of benzene rings is 1. The molecule has 1 heterocycles. The van der Waals surface area contributed by atoms with Crippen LogP contribution >= 0.6 is 0 Å². The van der Waals surface area contributed by atoms with E-state index in [-0.39, 0.29) is 12.2 Å². The maximum atomic E-state index is 12.9. The van der Waals surface area contributed by atoms with Crippen molar-refractivity contribution in [1.82, 2.24) is 0 Å². The molecule has 0 aliphatic carbocycles. The monoisotopic (exact) mass is 344 g/mol. The molecule has 130 valence electrons. The summed E-state index contributed by atoms with van der Waals surface area (Å²) in [5.74, 6) is 0. The zero-order valence-corrected chi connectivity index (χ0v) is 14.7. The largest absolute Gasteiger partial charge is 0.382 e. The molecule has 0 N–H and O–H groups in total. The van der Waals surface area contributed by atoms with Crippen LogP contribution in [0, 0.1) is 0 Å². The first-order valence-electron chi connectivity index (χ1n) is 7.36. The van der Waals surface area contributed by atoms with Crippen LogP contribution in [0.2, 0.25) is 0 Å². The molecular formula is C16H24O6S. The Labute approximate surface area is 139 Å². The van der Waals surface area contributed by atoms with Gasteiger partial charge in [0.05, 0.1) is 17.4 Å². The van der Waals surface area contributed by atoms with Crippen LogP contribution in [0.25, 0.3) is 0 Å². The molecule has 0 saturated carbocycles. The third-order valence-electron chi connectivity index (χ3n) is 3.93. The van der Waals surface area contributed by atoms with Crippen molar-refractivity contribution in [2.75, 3.05) is 35.0 Å². The van der Waals surface area contributed by atoms with E-state index < -0.39 is 28.4 Å². The summed E-state index contributed by atoms with van der Waals surface area (Å²) >= 11 is 0. The number of methoxy groups -OCH3 is 4. The van der Waals surface area contributed by atoms with Gasteiger partial charge in [-0.2, -0.15) is 0 Å². The van der Waals surface area contributed by atoms with E-state index in [1.165, 1.54) is 0 Å². The molecule has 1 aromatic rings. The summed E-state index contributed by atoms with van der Waals surface area (Å²) in [6.07, 6.45) is -1.68. The molecule has 0 radical (unpaired) electrons. The van der Waals surface area contributed by atoms with Crippen molar-refractivity contribution in [3.05, 3.63) is 30.3 Å². The van der Waals surface area contributed by atoms with E-state index in [2.05, 4.69) is 0 Å². The molecule has 2 rings (SSSR count). The molecule has 1 aliphatic heterocycles. The maximum Gasteiger partial charge on any atom is 0.166 e. The van der Waals surface area contributed by atoms with E-state index in [9.17, 15) is 4.21 Å². The smallest absolute Gasteiger partial charge is 0.166 e. The Balaban J connectivity index is 2.31. The van der Waals surface area contributed by atoms with Crippen LogP contribution in [-0.2, 0) is 34.5 Å². The van der Waals surface area contributed by atoms with Crippen molar-refractivity contribution in [3.63, 3.8) is 0 Å². The fourth-order valence-electron chi connectivity index (χ4n) is 2.84. The quantitative estimate of drug-likeness (QED) is 0.741. The molecule has 6 atom stereocenters. The van der Waals surface area contributed by atoms with Gasteiger partial charge in [0.25, 0.3) is 0 Å². The minimum atomic E-state index is -1.40. The lowest BCUT2D eigenvalue weighted by molar-refractivity contribution is -0.229. The standard InChI is InChI=1S/C16H24O6S/c1-18-10-12-13(19-2)14(20-3)15(21-4)16(22-12)23(17)11-8-6-5-7-9-11/h5-9,12-16H,10H2,1-4H3/t12-,13-,14+,15-,16+,23?/m1/s1. The molecular weight excluding hydrogens is 320 g/mol. The van der Waals surface area contributed by atoms with Gasteiger partial charge >= 0.3 is 0 Å². The van der Waals surface area contributed by atoms with Crippen LogP contribution in [0.5, 0.6) is 0 Å². The molecule has 6 nitrogen and oxygen atoms in total. The Morgan fingerprint density at radius 1 is 0.957 bits per heavy atom. The molecule has 1 aliphatic rings. The fraction of sp³-hybridized carbons (Fsp3) is 0.625. The Bertz CT molecular complexity index is 497. The lowest BCUT2D eigenvalue weighted by atomic mass is 9.99. The van der Waals surface area contributed by atoms with Crippen LogP contribution in [0.15, 0.2) is 35.2 Å². The first-order valence-corrected chi connectivity index (χ1v) is 8.57. The van der Waals surface area contributed by atoms with Gasteiger partial charge in [0.15, 0.2) is 5.44 Å². The maximum absolute atomic E-state index is 12.9. The number of rotatable bonds is 7. The predicted molar refractivity (Wildman–Crippen MR) is 85.8 cm³/mol. The zero-order valence-electron chi connectivity index (χ0n) is 13.8. The molecule has 1 unspecified atom stereocenters. The van der Waals surface area contributed by atoms with Crippen LogP contribution in [0.3, 0.4) is 0 Å². The molecule has 0 bridgehead atoms. The number of hydrogen-bond acceptors (Lipinski definition) is 6. The minimum absolute atomic E-state index is 0.317. The highest BCUT2D eigenvalue weighted by molar-refractivity contribution is 7.85. The first-order chi connectivity index (χ1) is 11.2. The van der Waals surface area contributed by atoms with E-state index in [1.807, 2.05) is 30.3 Å². The Morgan fingerprint density at radius 3 is 2.09 bits per heavy atom. The summed E-state index contributed by atoms with van der Waals surface area (Å²) in [7, 11) is 4.91. The average Bonchev–Trinajstić information content (AvgIpc) is 2.60. The third kappa shape index (κ3) is 3.99. The van der Waals surface area contributed by atoms with Crippen LogP contribution < -0.4 is 0 Å². The second-order valence-corrected chi connectivity index (χ2v) is 6.74. The van der Waals surface area contributed by atoms with Crippen molar-refractivity contribution in [2.24, 2.45) is 0 Å². The molecule has 1 aromatic carbocycles. The molecule has 0 amide bonds. The van der Waals surface area contributed by atoms with Crippen molar-refractivity contribution < 1.29 is 27.9 Å². The topological polar surface area (TPSA) is 63.2 Å². The highest BCUT2D eigenvalue weighted by Crippen LogP contribution is 2.31. The zero-order chi connectivity index (χ0) is 16.8. The van der Waals surface area contributed by atoms with Crippen LogP contribution in [-0.4, -0.2) is 69.1 Å². The summed E-state index contributed by atoms with van der Waals surface area (Å²) in [5.41, 5.74) is -0.668. The summed E-state index contributed by atoms with van der Waals surface area (Å²) in [6.45, 7) is 0.317. The van der Waals surface area contributed by atoms with Crippen molar-refractivity contribution >= 4 is 10.8 Å². The van der Waals surface area contributed by atoms with E-state index >= 15 is 0 Å². The van der Waals surface area contributed by atoms with Gasteiger partial charge in [-0.05, 0) is 12.1 Å². The molecule has 0 spiro atoms. The Kier molecular flexibility index (Phi) is 7.13. The fourth-order valence-corrected chi connectivity index (χ4v) is 4.29. The van der Waals surface area contributed by atoms with Gasteiger partial charge in [-0.1, -0.05) is 18.2 Å². The minimum Gasteiger partial charge on any atom is -0.382 e. The first kappa shape index (κ1) is 18.5. The lowest BCUT2D eigenvalue weighted by Gasteiger charge is -2.44. The highest BCUT2D eigenvalue weighted by atomic mass is 32.2. The van der Waals surface area contributed by atoms with Crippen LogP contribution in [0.1, 0.15) is 0 Å². The molecule has 23 heavy (non-hydrogen) atoms. The van der Waals surface area contributed by atoms with Crippen molar-refractivity contribution in [2.45, 2.75) is 34.7 Å². The van der Waals surface area contributed by atoms with Gasteiger partial charge in [0.2, 0.25) is 0 Å². The Morgan fingerprint density at radius 2 is 1.57 bits per heavy atom. The number of hydrogen-bond donors (Lipinski definition) is 0. The second-order valence-electron chi connectivity index (χ2n) is 5.21. The second kappa shape index (κ2) is 8.86. The van der Waals surface area contributed by atoms with E-state index in [1.54, 1.807) is 28.4 Å². The van der Waals surface area contributed by atoms with Crippen molar-refractivity contribution in [3.8, 4) is 0 Å². The summed E-state index contributed by atoms with van der Waals surface area (Å²) in [6, 6.07) is 9.18. The van der Waals surface area contributed by atoms with Gasteiger partial charge in [-0.15, -0.1) is 0 Å². The molecule has 0 aromatic heterocycles.